The Morgan fingerprint density at radius 2 is 1.79 bits per heavy atom. The molecule has 2 heteroatoms. The van der Waals surface area contributed by atoms with Crippen LogP contribution in [-0.2, 0) is 0 Å². The maximum Gasteiger partial charge on any atom is 0.254 e. The second-order valence-corrected chi connectivity index (χ2v) is 3.92. The van der Waals surface area contributed by atoms with E-state index in [1.54, 1.807) is 4.57 Å². The number of rotatable bonds is 2. The molecule has 0 fully saturated rings. The number of pyridine rings is 1. The molecule has 0 saturated carbocycles. The fourth-order valence-electron chi connectivity index (χ4n) is 1.37. The second kappa shape index (κ2) is 4.99. The van der Waals surface area contributed by atoms with Gasteiger partial charge in [0.25, 0.3) is 5.56 Å². The Labute approximate surface area is 86.6 Å². The van der Waals surface area contributed by atoms with E-state index in [0.717, 1.165) is 5.56 Å². The van der Waals surface area contributed by atoms with Crippen LogP contribution in [0.15, 0.2) is 23.1 Å². The fraction of sp³-hybridized carbons (Fsp3) is 0.583. The summed E-state index contributed by atoms with van der Waals surface area (Å²) >= 11 is 0. The van der Waals surface area contributed by atoms with Crippen LogP contribution in [0.2, 0.25) is 0 Å². The Balaban J connectivity index is 0.00000169. The van der Waals surface area contributed by atoms with Crippen molar-refractivity contribution < 1.29 is 0 Å². The Hall–Kier alpha value is -1.05. The largest absolute Gasteiger partial charge is 0.313 e. The molecule has 80 valence electrons. The van der Waals surface area contributed by atoms with Crippen molar-refractivity contribution in [2.75, 3.05) is 0 Å². The van der Waals surface area contributed by atoms with E-state index in [9.17, 15) is 4.79 Å². The van der Waals surface area contributed by atoms with E-state index in [4.69, 9.17) is 0 Å². The first-order valence-electron chi connectivity index (χ1n) is 4.75. The van der Waals surface area contributed by atoms with E-state index in [2.05, 4.69) is 0 Å². The Morgan fingerprint density at radius 3 is 2.21 bits per heavy atom. The van der Waals surface area contributed by atoms with E-state index in [-0.39, 0.29) is 19.0 Å². The molecule has 1 aromatic heterocycles. The van der Waals surface area contributed by atoms with Crippen LogP contribution in [0.4, 0.5) is 0 Å². The molecule has 0 aliphatic rings. The van der Waals surface area contributed by atoms with Crippen molar-refractivity contribution in [2.45, 2.75) is 47.1 Å². The van der Waals surface area contributed by atoms with E-state index < -0.39 is 0 Å². The third kappa shape index (κ3) is 2.47. The summed E-state index contributed by atoms with van der Waals surface area (Å²) in [4.78, 5) is 11.8. The van der Waals surface area contributed by atoms with Crippen LogP contribution in [0.5, 0.6) is 0 Å². The summed E-state index contributed by atoms with van der Waals surface area (Å²) in [5.74, 6) is 0.304. The summed E-state index contributed by atoms with van der Waals surface area (Å²) < 4.78 is 1.77. The van der Waals surface area contributed by atoms with E-state index in [1.165, 1.54) is 0 Å². The Kier molecular flexibility index (Phi) is 4.61. The molecule has 0 radical (unpaired) electrons. The third-order valence-corrected chi connectivity index (χ3v) is 2.18. The molecule has 0 N–H and O–H groups in total. The van der Waals surface area contributed by atoms with Crippen LogP contribution in [0.1, 0.15) is 52.6 Å². The summed E-state index contributed by atoms with van der Waals surface area (Å²) in [5.41, 5.74) is 1.05. The lowest BCUT2D eigenvalue weighted by Crippen LogP contribution is -2.24. The normalized spacial score (nSPS) is 10.4. The highest BCUT2D eigenvalue weighted by Crippen LogP contribution is 2.09. The van der Waals surface area contributed by atoms with Gasteiger partial charge in [-0.05, 0) is 25.8 Å². The summed E-state index contributed by atoms with van der Waals surface area (Å²) in [7, 11) is 0. The van der Waals surface area contributed by atoms with Gasteiger partial charge in [-0.15, -0.1) is 0 Å². The number of hydrogen-bond donors (Lipinski definition) is 0. The lowest BCUT2D eigenvalue weighted by atomic mass is 10.1. The molecule has 0 aromatic carbocycles. The van der Waals surface area contributed by atoms with Gasteiger partial charge in [0.1, 0.15) is 0 Å². The highest BCUT2D eigenvalue weighted by molar-refractivity contribution is 5.14. The van der Waals surface area contributed by atoms with Gasteiger partial charge >= 0.3 is 0 Å². The van der Waals surface area contributed by atoms with Crippen molar-refractivity contribution in [2.24, 2.45) is 0 Å². The van der Waals surface area contributed by atoms with Crippen molar-refractivity contribution in [3.8, 4) is 0 Å². The molecule has 0 amide bonds. The highest BCUT2D eigenvalue weighted by atomic mass is 16.1. The van der Waals surface area contributed by atoms with Crippen LogP contribution >= 0.6 is 0 Å². The topological polar surface area (TPSA) is 22.0 Å². The van der Waals surface area contributed by atoms with Crippen molar-refractivity contribution in [3.05, 3.63) is 34.2 Å². The van der Waals surface area contributed by atoms with Gasteiger partial charge < -0.3 is 4.57 Å². The zero-order valence-corrected chi connectivity index (χ0v) is 8.74. The first-order valence-corrected chi connectivity index (χ1v) is 4.75. The molecule has 0 spiro atoms. The van der Waals surface area contributed by atoms with Crippen LogP contribution in [0.25, 0.3) is 0 Å². The summed E-state index contributed by atoms with van der Waals surface area (Å²) in [6, 6.07) is 4.09. The first kappa shape index (κ1) is 12.9. The second-order valence-electron chi connectivity index (χ2n) is 3.92. The highest BCUT2D eigenvalue weighted by Gasteiger charge is 2.07. The molecular weight excluding hydrogens is 174 g/mol. The van der Waals surface area contributed by atoms with Crippen molar-refractivity contribution >= 4 is 0 Å². The monoisotopic (exact) mass is 195 g/mol. The molecule has 0 aliphatic carbocycles. The smallest absolute Gasteiger partial charge is 0.254 e. The third-order valence-electron chi connectivity index (χ3n) is 2.18. The van der Waals surface area contributed by atoms with Gasteiger partial charge in [-0.25, -0.2) is 0 Å². The minimum atomic E-state index is 0. The molecule has 1 rings (SSSR count). The zero-order chi connectivity index (χ0) is 10.0. The van der Waals surface area contributed by atoms with Gasteiger partial charge in [0.2, 0.25) is 0 Å². The van der Waals surface area contributed by atoms with Crippen LogP contribution in [-0.4, -0.2) is 4.57 Å². The minimum absolute atomic E-state index is 0. The summed E-state index contributed by atoms with van der Waals surface area (Å²) in [5, 5.41) is 0. The molecule has 0 saturated heterocycles. The molecule has 0 bridgehead atoms. The van der Waals surface area contributed by atoms with Gasteiger partial charge in [-0.3, -0.25) is 4.79 Å². The van der Waals surface area contributed by atoms with Crippen LogP contribution in [0.3, 0.4) is 0 Å². The minimum Gasteiger partial charge on any atom is -0.313 e. The Morgan fingerprint density at radius 1 is 1.21 bits per heavy atom. The summed E-state index contributed by atoms with van der Waals surface area (Å²) in [6.07, 6.45) is 1.85. The van der Waals surface area contributed by atoms with Crippen molar-refractivity contribution in [3.63, 3.8) is 0 Å². The van der Waals surface area contributed by atoms with Gasteiger partial charge in [0.15, 0.2) is 0 Å². The number of aromatic nitrogens is 1. The lowest BCUT2D eigenvalue weighted by molar-refractivity contribution is 0.569. The number of hydrogen-bond acceptors (Lipinski definition) is 1. The standard InChI is InChI=1S/C11H17NO.CH4/c1-8(2)10-6-5-7-12(9(3)4)11(10)13;/h5-9H,1-4H3;1H4. The van der Waals surface area contributed by atoms with E-state index >= 15 is 0 Å². The lowest BCUT2D eigenvalue weighted by Gasteiger charge is -2.12. The van der Waals surface area contributed by atoms with E-state index in [1.807, 2.05) is 46.0 Å². The number of nitrogens with zero attached hydrogens (tertiary/aromatic N) is 1. The van der Waals surface area contributed by atoms with Gasteiger partial charge in [-0.1, -0.05) is 27.3 Å². The molecule has 2 nitrogen and oxygen atoms in total. The van der Waals surface area contributed by atoms with Gasteiger partial charge in [-0.2, -0.15) is 0 Å². The maximum atomic E-state index is 11.8. The molecular formula is C12H21NO. The van der Waals surface area contributed by atoms with Crippen molar-refractivity contribution in [1.82, 2.24) is 4.57 Å². The molecule has 14 heavy (non-hydrogen) atoms. The van der Waals surface area contributed by atoms with Crippen LogP contribution < -0.4 is 5.56 Å². The Bertz CT molecular complexity index is 307. The predicted octanol–water partition coefficient (Wildman–Crippen LogP) is 3.19. The molecule has 1 heterocycles. The maximum absolute atomic E-state index is 11.8. The average molecular weight is 195 g/mol. The quantitative estimate of drug-likeness (QED) is 0.710. The van der Waals surface area contributed by atoms with Gasteiger partial charge in [0, 0.05) is 17.8 Å². The van der Waals surface area contributed by atoms with Crippen LogP contribution in [0, 0.1) is 0 Å². The van der Waals surface area contributed by atoms with Crippen molar-refractivity contribution in [1.29, 1.82) is 0 Å². The SMILES string of the molecule is C.CC(C)c1cccn(C(C)C)c1=O. The first-order chi connectivity index (χ1) is 6.04. The summed E-state index contributed by atoms with van der Waals surface area (Å²) in [6.45, 7) is 8.12. The molecule has 1 aromatic rings. The molecule has 0 atom stereocenters. The zero-order valence-electron chi connectivity index (χ0n) is 8.74. The fourth-order valence-corrected chi connectivity index (χ4v) is 1.37. The molecule has 0 aliphatic heterocycles. The molecule has 0 unspecified atom stereocenters. The average Bonchev–Trinajstić information content (AvgIpc) is 2.03. The predicted molar refractivity (Wildman–Crippen MR) is 61.9 cm³/mol. The van der Waals surface area contributed by atoms with E-state index in [0.29, 0.717) is 5.92 Å². The van der Waals surface area contributed by atoms with Gasteiger partial charge in [0.05, 0.1) is 0 Å².